The summed E-state index contributed by atoms with van der Waals surface area (Å²) in [6.07, 6.45) is 0. The molecule has 2 rings (SSSR count). The lowest BCUT2D eigenvalue weighted by Gasteiger charge is -2.01. The van der Waals surface area contributed by atoms with Crippen LogP contribution in [0.2, 0.25) is 0 Å². The van der Waals surface area contributed by atoms with E-state index in [1.165, 1.54) is 0 Å². The minimum Gasteiger partial charge on any atom is -0.473 e. The summed E-state index contributed by atoms with van der Waals surface area (Å²) in [5.74, 6) is 0.378. The van der Waals surface area contributed by atoms with E-state index >= 15 is 0 Å². The van der Waals surface area contributed by atoms with Gasteiger partial charge in [0.15, 0.2) is 0 Å². The Kier molecular flexibility index (Phi) is 2.70. The van der Waals surface area contributed by atoms with E-state index < -0.39 is 0 Å². The molecule has 2 aromatic heterocycles. The Morgan fingerprint density at radius 1 is 1.44 bits per heavy atom. The first kappa shape index (κ1) is 10.8. The predicted octanol–water partition coefficient (Wildman–Crippen LogP) is 0.904. The smallest absolute Gasteiger partial charge is 0.257 e. The van der Waals surface area contributed by atoms with Gasteiger partial charge in [0.05, 0.1) is 12.1 Å². The Morgan fingerprint density at radius 3 is 2.88 bits per heavy atom. The van der Waals surface area contributed by atoms with Crippen molar-refractivity contribution in [3.8, 4) is 5.88 Å². The minimum absolute atomic E-state index is 0.0503. The van der Waals surface area contributed by atoms with Gasteiger partial charge < -0.3 is 15.6 Å². The number of rotatable bonds is 3. The second-order valence-corrected chi connectivity index (χ2v) is 3.69. The van der Waals surface area contributed by atoms with Crippen LogP contribution in [-0.2, 0) is 0 Å². The maximum Gasteiger partial charge on any atom is 0.257 e. The maximum atomic E-state index is 8.69. The summed E-state index contributed by atoms with van der Waals surface area (Å²) in [5, 5.41) is 13.0. The second kappa shape index (κ2) is 4.02. The van der Waals surface area contributed by atoms with Crippen LogP contribution in [0, 0.1) is 13.8 Å². The van der Waals surface area contributed by atoms with Crippen molar-refractivity contribution >= 4 is 11.2 Å². The monoisotopic (exact) mass is 221 g/mol. The number of hydrogen-bond acceptors (Lipinski definition) is 4. The molecule has 0 aromatic carbocycles. The van der Waals surface area contributed by atoms with Crippen molar-refractivity contribution in [3.63, 3.8) is 0 Å². The first-order valence-electron chi connectivity index (χ1n) is 5.13. The molecule has 2 heterocycles. The van der Waals surface area contributed by atoms with Crippen molar-refractivity contribution in [2.45, 2.75) is 13.8 Å². The van der Waals surface area contributed by atoms with E-state index in [2.05, 4.69) is 5.10 Å². The highest BCUT2D eigenvalue weighted by Crippen LogP contribution is 2.26. The number of ether oxygens (including phenoxy) is 1. The highest BCUT2D eigenvalue weighted by molar-refractivity contribution is 5.75. The van der Waals surface area contributed by atoms with Crippen molar-refractivity contribution in [3.05, 3.63) is 23.4 Å². The molecule has 16 heavy (non-hydrogen) atoms. The van der Waals surface area contributed by atoms with Gasteiger partial charge in [0.2, 0.25) is 0 Å². The standard InChI is InChI=1S/C11H15N3O2/c1-7-3-4-9-10(12)11(16-6-5-15)13-14(9)8(7)2/h3-4,15H,5-6,12H2,1-2H3. The lowest BCUT2D eigenvalue weighted by Crippen LogP contribution is -2.03. The number of hydrogen-bond donors (Lipinski definition) is 2. The summed E-state index contributed by atoms with van der Waals surface area (Å²) in [5.41, 5.74) is 9.42. The molecule has 0 saturated heterocycles. The fourth-order valence-electron chi connectivity index (χ4n) is 1.58. The van der Waals surface area contributed by atoms with Crippen LogP contribution in [0.25, 0.3) is 5.52 Å². The van der Waals surface area contributed by atoms with Gasteiger partial charge in [-0.05, 0) is 25.5 Å². The number of nitrogens with two attached hydrogens (primary N) is 1. The topological polar surface area (TPSA) is 72.8 Å². The third kappa shape index (κ3) is 1.59. The number of aromatic nitrogens is 2. The Labute approximate surface area is 93.4 Å². The number of pyridine rings is 1. The van der Waals surface area contributed by atoms with Crippen LogP contribution >= 0.6 is 0 Å². The molecular weight excluding hydrogens is 206 g/mol. The van der Waals surface area contributed by atoms with Gasteiger partial charge in [-0.1, -0.05) is 6.07 Å². The summed E-state index contributed by atoms with van der Waals surface area (Å²) >= 11 is 0. The van der Waals surface area contributed by atoms with Crippen LogP contribution in [0.3, 0.4) is 0 Å². The van der Waals surface area contributed by atoms with Gasteiger partial charge in [0.1, 0.15) is 12.3 Å². The molecule has 0 aliphatic heterocycles. The zero-order valence-corrected chi connectivity index (χ0v) is 9.40. The van der Waals surface area contributed by atoms with E-state index in [1.807, 2.05) is 26.0 Å². The molecule has 2 aromatic rings. The average Bonchev–Trinajstić information content (AvgIpc) is 2.59. The first-order valence-corrected chi connectivity index (χ1v) is 5.13. The molecule has 0 spiro atoms. The van der Waals surface area contributed by atoms with E-state index in [0.29, 0.717) is 11.6 Å². The van der Waals surface area contributed by atoms with Gasteiger partial charge in [-0.3, -0.25) is 0 Å². The molecule has 0 bridgehead atoms. The lowest BCUT2D eigenvalue weighted by molar-refractivity contribution is 0.197. The molecule has 0 radical (unpaired) electrons. The number of fused-ring (bicyclic) bond motifs is 1. The van der Waals surface area contributed by atoms with Crippen molar-refractivity contribution < 1.29 is 9.84 Å². The zero-order chi connectivity index (χ0) is 11.7. The summed E-state index contributed by atoms with van der Waals surface area (Å²) in [4.78, 5) is 0. The Bertz CT molecular complexity index is 519. The molecule has 0 unspecified atom stereocenters. The van der Waals surface area contributed by atoms with Crippen LogP contribution in [0.5, 0.6) is 5.88 Å². The van der Waals surface area contributed by atoms with Crippen molar-refractivity contribution in [1.29, 1.82) is 0 Å². The van der Waals surface area contributed by atoms with Crippen LogP contribution in [-0.4, -0.2) is 27.9 Å². The Hall–Kier alpha value is -1.75. The van der Waals surface area contributed by atoms with E-state index in [9.17, 15) is 0 Å². The van der Waals surface area contributed by atoms with E-state index in [4.69, 9.17) is 15.6 Å². The summed E-state index contributed by atoms with van der Waals surface area (Å²) in [6.45, 7) is 4.14. The fraction of sp³-hybridized carbons (Fsp3) is 0.364. The fourth-order valence-corrected chi connectivity index (χ4v) is 1.58. The molecule has 0 fully saturated rings. The van der Waals surface area contributed by atoms with E-state index in [0.717, 1.165) is 16.8 Å². The van der Waals surface area contributed by atoms with Crippen LogP contribution in [0.4, 0.5) is 5.69 Å². The van der Waals surface area contributed by atoms with Crippen molar-refractivity contribution in [1.82, 2.24) is 9.61 Å². The predicted molar refractivity (Wildman–Crippen MR) is 61.7 cm³/mol. The van der Waals surface area contributed by atoms with Crippen LogP contribution in [0.15, 0.2) is 12.1 Å². The number of aryl methyl sites for hydroxylation is 2. The van der Waals surface area contributed by atoms with Gasteiger partial charge in [-0.15, -0.1) is 5.10 Å². The first-order chi connectivity index (χ1) is 7.65. The molecule has 0 aliphatic carbocycles. The van der Waals surface area contributed by atoms with Crippen molar-refractivity contribution in [2.75, 3.05) is 18.9 Å². The number of aliphatic hydroxyl groups excluding tert-OH is 1. The highest BCUT2D eigenvalue weighted by atomic mass is 16.5. The summed E-state index contributed by atoms with van der Waals surface area (Å²) in [6, 6.07) is 3.91. The van der Waals surface area contributed by atoms with Gasteiger partial charge in [-0.2, -0.15) is 0 Å². The second-order valence-electron chi connectivity index (χ2n) is 3.69. The zero-order valence-electron chi connectivity index (χ0n) is 9.40. The van der Waals surface area contributed by atoms with E-state index in [-0.39, 0.29) is 13.2 Å². The molecule has 0 aliphatic rings. The van der Waals surface area contributed by atoms with E-state index in [1.54, 1.807) is 4.52 Å². The summed E-state index contributed by atoms with van der Waals surface area (Å²) in [7, 11) is 0. The average molecular weight is 221 g/mol. The van der Waals surface area contributed by atoms with Gasteiger partial charge in [0, 0.05) is 5.69 Å². The third-order valence-corrected chi connectivity index (χ3v) is 2.64. The molecular formula is C11H15N3O2. The van der Waals surface area contributed by atoms with Crippen molar-refractivity contribution in [2.24, 2.45) is 0 Å². The molecule has 5 nitrogen and oxygen atoms in total. The largest absolute Gasteiger partial charge is 0.473 e. The number of nitrogens with zero attached hydrogens (tertiary/aromatic N) is 2. The highest BCUT2D eigenvalue weighted by Gasteiger charge is 2.12. The summed E-state index contributed by atoms with van der Waals surface area (Å²) < 4.78 is 7.02. The minimum atomic E-state index is -0.0503. The molecule has 0 saturated carbocycles. The number of anilines is 1. The lowest BCUT2D eigenvalue weighted by atomic mass is 10.2. The SMILES string of the molecule is Cc1ccc2c(N)c(OCCO)nn2c1C. The van der Waals surface area contributed by atoms with Crippen LogP contribution < -0.4 is 10.5 Å². The van der Waals surface area contributed by atoms with Gasteiger partial charge in [0.25, 0.3) is 5.88 Å². The third-order valence-electron chi connectivity index (χ3n) is 2.64. The molecule has 5 heteroatoms. The molecule has 3 N–H and O–H groups in total. The molecule has 0 atom stereocenters. The molecule has 86 valence electrons. The Morgan fingerprint density at radius 2 is 2.19 bits per heavy atom. The number of nitrogen functional groups attached to an aromatic ring is 1. The quantitative estimate of drug-likeness (QED) is 0.807. The Balaban J connectivity index is 2.54. The normalized spacial score (nSPS) is 10.9. The maximum absolute atomic E-state index is 8.69. The molecule has 0 amide bonds. The van der Waals surface area contributed by atoms with Gasteiger partial charge in [-0.25, -0.2) is 4.52 Å². The number of aliphatic hydroxyl groups is 1. The van der Waals surface area contributed by atoms with Gasteiger partial charge >= 0.3 is 0 Å². The van der Waals surface area contributed by atoms with Crippen LogP contribution in [0.1, 0.15) is 11.3 Å².